The minimum atomic E-state index is -0.817. The summed E-state index contributed by atoms with van der Waals surface area (Å²) in [7, 11) is 0. The van der Waals surface area contributed by atoms with Crippen LogP contribution in [0.15, 0.2) is 54.6 Å². The van der Waals surface area contributed by atoms with E-state index in [0.29, 0.717) is 41.9 Å². The lowest BCUT2D eigenvalue weighted by Gasteiger charge is -2.27. The summed E-state index contributed by atoms with van der Waals surface area (Å²) in [6.45, 7) is 4.79. The van der Waals surface area contributed by atoms with Crippen LogP contribution in [0.2, 0.25) is 0 Å². The molecule has 0 aromatic heterocycles. The first-order valence-corrected chi connectivity index (χ1v) is 12.1. The van der Waals surface area contributed by atoms with E-state index in [2.05, 4.69) is 6.92 Å². The van der Waals surface area contributed by atoms with Gasteiger partial charge in [0.2, 0.25) is 0 Å². The van der Waals surface area contributed by atoms with E-state index in [0.717, 1.165) is 31.2 Å². The lowest BCUT2D eigenvalue weighted by Crippen LogP contribution is -2.29. The number of rotatable bonds is 8. The fourth-order valence-electron chi connectivity index (χ4n) is 4.41. The minimum Gasteiger partial charge on any atom is -0.352 e. The fraction of sp³-hybridized carbons (Fsp3) is 0.379. The Kier molecular flexibility index (Phi) is 8.07. The summed E-state index contributed by atoms with van der Waals surface area (Å²) in [4.78, 5) is 0. The molecule has 0 unspecified atom stereocenters. The molecule has 4 rings (SSSR count). The second-order valence-electron chi connectivity index (χ2n) is 8.96. The van der Waals surface area contributed by atoms with Crippen LogP contribution in [-0.4, -0.2) is 19.5 Å². The van der Waals surface area contributed by atoms with Gasteiger partial charge >= 0.3 is 0 Å². The van der Waals surface area contributed by atoms with Crippen molar-refractivity contribution in [3.8, 4) is 22.3 Å². The van der Waals surface area contributed by atoms with Gasteiger partial charge in [-0.25, -0.2) is 13.2 Å². The highest BCUT2D eigenvalue weighted by atomic mass is 19.2. The Labute approximate surface area is 199 Å². The van der Waals surface area contributed by atoms with Crippen LogP contribution in [-0.2, 0) is 15.9 Å². The first-order valence-electron chi connectivity index (χ1n) is 12.1. The van der Waals surface area contributed by atoms with Gasteiger partial charge in [-0.15, -0.1) is 0 Å². The van der Waals surface area contributed by atoms with Gasteiger partial charge in [-0.05, 0) is 53.6 Å². The Morgan fingerprint density at radius 3 is 2.12 bits per heavy atom. The third-order valence-electron chi connectivity index (χ3n) is 6.50. The van der Waals surface area contributed by atoms with Gasteiger partial charge in [0.25, 0.3) is 0 Å². The molecule has 2 nitrogen and oxygen atoms in total. The maximum atomic E-state index is 14.8. The maximum absolute atomic E-state index is 14.8. The van der Waals surface area contributed by atoms with Crippen molar-refractivity contribution in [3.05, 3.63) is 83.2 Å². The van der Waals surface area contributed by atoms with Gasteiger partial charge in [-0.1, -0.05) is 74.7 Å². The molecule has 180 valence electrons. The lowest BCUT2D eigenvalue weighted by molar-refractivity contribution is -0.176. The van der Waals surface area contributed by atoms with E-state index in [9.17, 15) is 13.2 Å². The molecule has 1 saturated heterocycles. The third-order valence-corrected chi connectivity index (χ3v) is 6.50. The minimum absolute atomic E-state index is 0.139. The largest absolute Gasteiger partial charge is 0.352 e. The van der Waals surface area contributed by atoms with Crippen molar-refractivity contribution >= 4 is 0 Å². The van der Waals surface area contributed by atoms with Crippen LogP contribution in [0.5, 0.6) is 0 Å². The van der Waals surface area contributed by atoms with Gasteiger partial charge in [-0.2, -0.15) is 0 Å². The molecule has 1 fully saturated rings. The number of hydrogen-bond acceptors (Lipinski definition) is 2. The average Bonchev–Trinajstić information content (AvgIpc) is 2.85. The number of hydrogen-bond donors (Lipinski definition) is 0. The van der Waals surface area contributed by atoms with E-state index in [1.54, 1.807) is 42.5 Å². The average molecular weight is 469 g/mol. The number of benzene rings is 3. The summed E-state index contributed by atoms with van der Waals surface area (Å²) in [5.74, 6) is -2.03. The van der Waals surface area contributed by atoms with E-state index in [1.807, 2.05) is 13.0 Å². The normalized spacial score (nSPS) is 18.3. The number of halogens is 3. The Morgan fingerprint density at radius 1 is 0.765 bits per heavy atom. The van der Waals surface area contributed by atoms with Crippen LogP contribution >= 0.6 is 0 Å². The van der Waals surface area contributed by atoms with Crippen LogP contribution in [0.4, 0.5) is 13.2 Å². The van der Waals surface area contributed by atoms with E-state index >= 15 is 0 Å². The molecule has 1 aliphatic rings. The van der Waals surface area contributed by atoms with E-state index in [1.165, 1.54) is 6.07 Å². The Bertz CT molecular complexity index is 1100. The molecule has 0 radical (unpaired) electrons. The quantitative estimate of drug-likeness (QED) is 0.312. The molecule has 5 heteroatoms. The molecule has 1 heterocycles. The van der Waals surface area contributed by atoms with Crippen molar-refractivity contribution in [3.63, 3.8) is 0 Å². The van der Waals surface area contributed by atoms with Crippen molar-refractivity contribution < 1.29 is 22.6 Å². The van der Waals surface area contributed by atoms with E-state index in [-0.39, 0.29) is 23.6 Å². The summed E-state index contributed by atoms with van der Waals surface area (Å²) in [5, 5.41) is 0. The molecule has 1 aliphatic heterocycles. The number of ether oxygens (including phenoxy) is 2. The Hall–Kier alpha value is -2.63. The highest BCUT2D eigenvalue weighted by molar-refractivity contribution is 5.71. The first-order chi connectivity index (χ1) is 16.5. The second-order valence-corrected chi connectivity index (χ2v) is 8.96. The van der Waals surface area contributed by atoms with Gasteiger partial charge in [0, 0.05) is 11.5 Å². The van der Waals surface area contributed by atoms with Crippen LogP contribution in [0, 0.1) is 17.5 Å². The number of aryl methyl sites for hydroxylation is 1. The smallest absolute Gasteiger partial charge is 0.166 e. The van der Waals surface area contributed by atoms with Crippen LogP contribution in [0.3, 0.4) is 0 Å². The molecular formula is C29H31F3O2. The predicted molar refractivity (Wildman–Crippen MR) is 129 cm³/mol. The molecule has 3 aromatic rings. The van der Waals surface area contributed by atoms with Crippen molar-refractivity contribution in [2.75, 3.05) is 13.2 Å². The molecule has 0 saturated carbocycles. The first kappa shape index (κ1) is 24.5. The molecule has 34 heavy (non-hydrogen) atoms. The van der Waals surface area contributed by atoms with Crippen molar-refractivity contribution in [2.24, 2.45) is 0 Å². The summed E-state index contributed by atoms with van der Waals surface area (Å²) in [6, 6.07) is 15.5. The van der Waals surface area contributed by atoms with E-state index < -0.39 is 11.6 Å². The molecule has 0 atom stereocenters. The maximum Gasteiger partial charge on any atom is 0.166 e. The summed E-state index contributed by atoms with van der Waals surface area (Å²) < 4.78 is 55.2. The highest BCUT2D eigenvalue weighted by Crippen LogP contribution is 2.32. The van der Waals surface area contributed by atoms with Gasteiger partial charge in [0.15, 0.2) is 17.9 Å². The molecular weight excluding hydrogens is 437 g/mol. The van der Waals surface area contributed by atoms with Gasteiger partial charge in [0.05, 0.1) is 13.2 Å². The molecule has 3 aromatic carbocycles. The molecule has 0 amide bonds. The van der Waals surface area contributed by atoms with Gasteiger partial charge < -0.3 is 9.47 Å². The van der Waals surface area contributed by atoms with Crippen molar-refractivity contribution in [2.45, 2.75) is 58.2 Å². The summed E-state index contributed by atoms with van der Waals surface area (Å²) >= 11 is 0. The molecule has 0 N–H and O–H groups in total. The third kappa shape index (κ3) is 5.53. The topological polar surface area (TPSA) is 18.5 Å². The highest BCUT2D eigenvalue weighted by Gasteiger charge is 2.23. The Morgan fingerprint density at radius 2 is 1.44 bits per heavy atom. The zero-order valence-corrected chi connectivity index (χ0v) is 19.8. The van der Waals surface area contributed by atoms with Gasteiger partial charge in [0.1, 0.15) is 5.82 Å². The Balaban J connectivity index is 1.49. The fourth-order valence-corrected chi connectivity index (χ4v) is 4.41. The van der Waals surface area contributed by atoms with Gasteiger partial charge in [-0.3, -0.25) is 0 Å². The summed E-state index contributed by atoms with van der Waals surface area (Å²) in [5.41, 5.74) is 3.32. The standard InChI is InChI=1S/C29H31F3O2/c1-3-4-5-6-7-22-12-15-26(29(32)28(22)31)21-10-8-20(9-11-21)23-13-14-25(27(30)16-23)24-17-33-19(2)34-18-24/h8-16,19,24H,3-7,17-18H2,1-2H3. The summed E-state index contributed by atoms with van der Waals surface area (Å²) in [6.07, 6.45) is 4.35. The van der Waals surface area contributed by atoms with E-state index in [4.69, 9.17) is 9.47 Å². The molecule has 0 spiro atoms. The number of unbranched alkanes of at least 4 members (excludes halogenated alkanes) is 3. The zero-order valence-electron chi connectivity index (χ0n) is 19.8. The van der Waals surface area contributed by atoms with Crippen molar-refractivity contribution in [1.82, 2.24) is 0 Å². The molecule has 0 aliphatic carbocycles. The van der Waals surface area contributed by atoms with Crippen LogP contribution in [0.25, 0.3) is 22.3 Å². The monoisotopic (exact) mass is 468 g/mol. The van der Waals surface area contributed by atoms with Crippen molar-refractivity contribution in [1.29, 1.82) is 0 Å². The SMILES string of the molecule is CCCCCCc1ccc(-c2ccc(-c3ccc(C4COC(C)OC4)c(F)c3)cc2)c(F)c1F. The molecule has 0 bridgehead atoms. The zero-order chi connectivity index (χ0) is 24.1. The predicted octanol–water partition coefficient (Wildman–Crippen LogP) is 8.04. The second kappa shape index (κ2) is 11.2. The lowest BCUT2D eigenvalue weighted by atomic mass is 9.94. The van der Waals surface area contributed by atoms with Crippen LogP contribution in [0.1, 0.15) is 56.6 Å². The van der Waals surface area contributed by atoms with Crippen LogP contribution < -0.4 is 0 Å².